The minimum Gasteiger partial charge on any atom is -0.341 e. The number of amides is 1. The van der Waals surface area contributed by atoms with Gasteiger partial charge in [0.2, 0.25) is 5.91 Å². The first-order valence-electron chi connectivity index (χ1n) is 8.89. The summed E-state index contributed by atoms with van der Waals surface area (Å²) < 4.78 is 0. The highest BCUT2D eigenvalue weighted by atomic mass is 16.2. The molecule has 0 spiro atoms. The Balaban J connectivity index is 1.85. The fourth-order valence-corrected chi connectivity index (χ4v) is 3.70. The van der Waals surface area contributed by atoms with Crippen LogP contribution in [0.3, 0.4) is 0 Å². The first kappa shape index (κ1) is 16.8. The summed E-state index contributed by atoms with van der Waals surface area (Å²) in [5.74, 6) is 1.03. The second-order valence-electron chi connectivity index (χ2n) is 6.85. The molecular formula is C17H33N3O. The molecule has 0 radical (unpaired) electrons. The van der Waals surface area contributed by atoms with Gasteiger partial charge in [-0.1, -0.05) is 6.92 Å². The van der Waals surface area contributed by atoms with Gasteiger partial charge in [-0.15, -0.1) is 0 Å². The molecule has 0 aromatic rings. The molecule has 21 heavy (non-hydrogen) atoms. The molecule has 4 nitrogen and oxygen atoms in total. The predicted molar refractivity (Wildman–Crippen MR) is 87.3 cm³/mol. The smallest absolute Gasteiger partial charge is 0.239 e. The van der Waals surface area contributed by atoms with Crippen LogP contribution in [0.2, 0.25) is 0 Å². The van der Waals surface area contributed by atoms with Gasteiger partial charge in [0.15, 0.2) is 0 Å². The van der Waals surface area contributed by atoms with E-state index in [1.165, 1.54) is 32.1 Å². The third kappa shape index (κ3) is 4.43. The standard InChI is InChI=1S/C17H33N3O/c1-4-9-18-14(2)16-8-7-12-20(13-16)15(3)17(21)19-10-5-6-11-19/h14-16,18H,4-13H2,1-3H3. The predicted octanol–water partition coefficient (Wildman–Crippen LogP) is 2.10. The first-order chi connectivity index (χ1) is 10.1. The van der Waals surface area contributed by atoms with Crippen LogP contribution in [-0.2, 0) is 4.79 Å². The van der Waals surface area contributed by atoms with Crippen molar-refractivity contribution in [3.8, 4) is 0 Å². The monoisotopic (exact) mass is 295 g/mol. The van der Waals surface area contributed by atoms with Gasteiger partial charge in [-0.05, 0) is 65.0 Å². The van der Waals surface area contributed by atoms with Crippen molar-refractivity contribution < 1.29 is 4.79 Å². The van der Waals surface area contributed by atoms with Gasteiger partial charge < -0.3 is 10.2 Å². The molecule has 0 aromatic heterocycles. The zero-order valence-corrected chi connectivity index (χ0v) is 14.1. The highest BCUT2D eigenvalue weighted by Crippen LogP contribution is 2.23. The lowest BCUT2D eigenvalue weighted by Gasteiger charge is -2.39. The molecule has 2 saturated heterocycles. The molecule has 3 unspecified atom stereocenters. The Labute approximate surface area is 130 Å². The van der Waals surface area contributed by atoms with E-state index >= 15 is 0 Å². The van der Waals surface area contributed by atoms with Crippen LogP contribution >= 0.6 is 0 Å². The highest BCUT2D eigenvalue weighted by Gasteiger charge is 2.32. The molecule has 0 aromatic carbocycles. The average molecular weight is 295 g/mol. The summed E-state index contributed by atoms with van der Waals surface area (Å²) in [6.45, 7) is 11.8. The Morgan fingerprint density at radius 3 is 2.57 bits per heavy atom. The van der Waals surface area contributed by atoms with Gasteiger partial charge in [0, 0.05) is 25.7 Å². The number of hydrogen-bond donors (Lipinski definition) is 1. The number of rotatable bonds is 6. The number of likely N-dealkylation sites (tertiary alicyclic amines) is 2. The summed E-state index contributed by atoms with van der Waals surface area (Å²) in [5, 5.41) is 3.62. The van der Waals surface area contributed by atoms with Crippen molar-refractivity contribution in [2.75, 3.05) is 32.7 Å². The maximum absolute atomic E-state index is 12.6. The maximum atomic E-state index is 12.6. The number of carbonyl (C=O) groups is 1. The number of hydrogen-bond acceptors (Lipinski definition) is 3. The van der Waals surface area contributed by atoms with Crippen molar-refractivity contribution in [1.82, 2.24) is 15.1 Å². The fraction of sp³-hybridized carbons (Fsp3) is 0.941. The normalized spacial score (nSPS) is 26.8. The van der Waals surface area contributed by atoms with E-state index < -0.39 is 0 Å². The van der Waals surface area contributed by atoms with E-state index in [0.29, 0.717) is 17.9 Å². The van der Waals surface area contributed by atoms with E-state index in [-0.39, 0.29) is 6.04 Å². The Hall–Kier alpha value is -0.610. The summed E-state index contributed by atoms with van der Waals surface area (Å²) in [4.78, 5) is 17.0. The summed E-state index contributed by atoms with van der Waals surface area (Å²) in [5.41, 5.74) is 0. The van der Waals surface area contributed by atoms with Gasteiger partial charge in [0.05, 0.1) is 6.04 Å². The number of carbonyl (C=O) groups excluding carboxylic acids is 1. The molecule has 1 N–H and O–H groups in total. The quantitative estimate of drug-likeness (QED) is 0.815. The second kappa shape index (κ2) is 8.14. The van der Waals surface area contributed by atoms with Gasteiger partial charge in [0.1, 0.15) is 0 Å². The molecule has 4 heteroatoms. The minimum atomic E-state index is 0.0595. The molecule has 2 rings (SSSR count). The second-order valence-corrected chi connectivity index (χ2v) is 6.85. The molecule has 2 heterocycles. The van der Waals surface area contributed by atoms with Crippen LogP contribution in [0.1, 0.15) is 52.9 Å². The van der Waals surface area contributed by atoms with Gasteiger partial charge in [-0.25, -0.2) is 0 Å². The zero-order valence-electron chi connectivity index (χ0n) is 14.1. The van der Waals surface area contributed by atoms with E-state index in [0.717, 1.165) is 32.7 Å². The molecule has 2 fully saturated rings. The van der Waals surface area contributed by atoms with Crippen LogP contribution in [0, 0.1) is 5.92 Å². The zero-order chi connectivity index (χ0) is 15.2. The molecule has 0 bridgehead atoms. The van der Waals surface area contributed by atoms with Gasteiger partial charge in [-0.2, -0.15) is 0 Å². The van der Waals surface area contributed by atoms with Crippen LogP contribution in [0.5, 0.6) is 0 Å². The summed E-state index contributed by atoms with van der Waals surface area (Å²) >= 11 is 0. The van der Waals surface area contributed by atoms with Crippen molar-refractivity contribution in [2.24, 2.45) is 5.92 Å². The van der Waals surface area contributed by atoms with Crippen LogP contribution < -0.4 is 5.32 Å². The molecule has 0 aliphatic carbocycles. The molecule has 122 valence electrons. The Bertz CT molecular complexity index is 328. The molecular weight excluding hydrogens is 262 g/mol. The van der Waals surface area contributed by atoms with E-state index in [1.54, 1.807) is 0 Å². The Kier molecular flexibility index (Phi) is 6.49. The number of nitrogens with zero attached hydrogens (tertiary/aromatic N) is 2. The lowest BCUT2D eigenvalue weighted by atomic mass is 9.90. The van der Waals surface area contributed by atoms with Crippen molar-refractivity contribution >= 4 is 5.91 Å². The molecule has 0 saturated carbocycles. The van der Waals surface area contributed by atoms with Crippen molar-refractivity contribution in [3.05, 3.63) is 0 Å². The van der Waals surface area contributed by atoms with Crippen molar-refractivity contribution in [2.45, 2.75) is 65.0 Å². The molecule has 3 atom stereocenters. The lowest BCUT2D eigenvalue weighted by Crippen LogP contribution is -2.52. The molecule has 1 amide bonds. The third-order valence-electron chi connectivity index (χ3n) is 5.24. The summed E-state index contributed by atoms with van der Waals surface area (Å²) in [6.07, 6.45) is 6.06. The van der Waals surface area contributed by atoms with Gasteiger partial charge >= 0.3 is 0 Å². The van der Waals surface area contributed by atoms with E-state index in [2.05, 4.69) is 35.9 Å². The number of nitrogens with one attached hydrogen (secondary N) is 1. The van der Waals surface area contributed by atoms with E-state index in [9.17, 15) is 4.79 Å². The maximum Gasteiger partial charge on any atom is 0.239 e. The van der Waals surface area contributed by atoms with Crippen LogP contribution in [0.4, 0.5) is 0 Å². The fourth-order valence-electron chi connectivity index (χ4n) is 3.70. The largest absolute Gasteiger partial charge is 0.341 e. The van der Waals surface area contributed by atoms with E-state index in [4.69, 9.17) is 0 Å². The summed E-state index contributed by atoms with van der Waals surface area (Å²) in [6, 6.07) is 0.617. The van der Waals surface area contributed by atoms with E-state index in [1.807, 2.05) is 0 Å². The van der Waals surface area contributed by atoms with Gasteiger partial charge in [-0.3, -0.25) is 9.69 Å². The van der Waals surface area contributed by atoms with Crippen molar-refractivity contribution in [1.29, 1.82) is 0 Å². The molecule has 2 aliphatic heterocycles. The summed E-state index contributed by atoms with van der Waals surface area (Å²) in [7, 11) is 0. The highest BCUT2D eigenvalue weighted by molar-refractivity contribution is 5.81. The van der Waals surface area contributed by atoms with Crippen LogP contribution in [-0.4, -0.2) is 60.5 Å². The Morgan fingerprint density at radius 1 is 1.19 bits per heavy atom. The van der Waals surface area contributed by atoms with Crippen LogP contribution in [0.15, 0.2) is 0 Å². The molecule has 2 aliphatic rings. The Morgan fingerprint density at radius 2 is 1.90 bits per heavy atom. The first-order valence-corrected chi connectivity index (χ1v) is 8.89. The van der Waals surface area contributed by atoms with Gasteiger partial charge in [0.25, 0.3) is 0 Å². The third-order valence-corrected chi connectivity index (χ3v) is 5.24. The van der Waals surface area contributed by atoms with Crippen LogP contribution in [0.25, 0.3) is 0 Å². The number of piperidine rings is 1. The minimum absolute atomic E-state index is 0.0595. The van der Waals surface area contributed by atoms with Crippen molar-refractivity contribution in [3.63, 3.8) is 0 Å². The lowest BCUT2D eigenvalue weighted by molar-refractivity contribution is -0.136. The topological polar surface area (TPSA) is 35.6 Å². The SMILES string of the molecule is CCCNC(C)C1CCCN(C(C)C(=O)N2CCCC2)C1. The average Bonchev–Trinajstić information content (AvgIpc) is 3.05.